The Labute approximate surface area is 133 Å². The van der Waals surface area contributed by atoms with E-state index in [2.05, 4.69) is 21.2 Å². The van der Waals surface area contributed by atoms with Crippen LogP contribution < -0.4 is 5.32 Å². The number of hydrogen-bond donors (Lipinski definition) is 2. The lowest BCUT2D eigenvalue weighted by Gasteiger charge is -2.33. The first-order valence-corrected chi connectivity index (χ1v) is 7.52. The van der Waals surface area contributed by atoms with E-state index in [0.29, 0.717) is 6.54 Å². The number of nitrogens with one attached hydrogen (secondary N) is 1. The Morgan fingerprint density at radius 3 is 2.48 bits per heavy atom. The number of rotatable bonds is 6. The lowest BCUT2D eigenvalue weighted by Crippen LogP contribution is -2.52. The molecule has 2 N–H and O–H groups in total. The van der Waals surface area contributed by atoms with Gasteiger partial charge >= 0.3 is 5.97 Å². The van der Waals surface area contributed by atoms with E-state index >= 15 is 0 Å². The second-order valence-electron chi connectivity index (χ2n) is 5.39. The maximum atomic E-state index is 12.1. The molecule has 21 heavy (non-hydrogen) atoms. The topological polar surface area (TPSA) is 69.6 Å². The highest BCUT2D eigenvalue weighted by Gasteiger charge is 2.34. The number of likely N-dealkylation sites (N-methyl/N-ethyl adjacent to an activating group) is 1. The predicted molar refractivity (Wildman–Crippen MR) is 86.5 cm³/mol. The van der Waals surface area contributed by atoms with Gasteiger partial charge in [-0.25, -0.2) is 0 Å². The standard InChI is InChI=1S/C15H21BrN2O3/c1-5-18(15(3,4)14(20)21)9-13(19)17-12-7-6-11(16)8-10(12)2/h6-8H,5,9H2,1-4H3,(H,17,19)(H,20,21). The van der Waals surface area contributed by atoms with Gasteiger partial charge in [-0.2, -0.15) is 0 Å². The van der Waals surface area contributed by atoms with Crippen LogP contribution in [-0.2, 0) is 9.59 Å². The van der Waals surface area contributed by atoms with Crippen molar-refractivity contribution < 1.29 is 14.7 Å². The number of carboxylic acid groups (broad SMARTS) is 1. The van der Waals surface area contributed by atoms with Crippen molar-refractivity contribution in [1.82, 2.24) is 4.90 Å². The summed E-state index contributed by atoms with van der Waals surface area (Å²) < 4.78 is 0.945. The maximum Gasteiger partial charge on any atom is 0.323 e. The van der Waals surface area contributed by atoms with Crippen LogP contribution in [0.5, 0.6) is 0 Å². The van der Waals surface area contributed by atoms with E-state index < -0.39 is 11.5 Å². The molecule has 0 aliphatic carbocycles. The lowest BCUT2D eigenvalue weighted by atomic mass is 10.0. The molecule has 0 aromatic heterocycles. The van der Waals surface area contributed by atoms with Gasteiger partial charge in [0.2, 0.25) is 5.91 Å². The van der Waals surface area contributed by atoms with Crippen molar-refractivity contribution in [2.24, 2.45) is 0 Å². The molecule has 0 radical (unpaired) electrons. The van der Waals surface area contributed by atoms with Gasteiger partial charge in [0.1, 0.15) is 5.54 Å². The second-order valence-corrected chi connectivity index (χ2v) is 6.30. The number of aliphatic carboxylic acids is 1. The average molecular weight is 357 g/mol. The SMILES string of the molecule is CCN(CC(=O)Nc1ccc(Br)cc1C)C(C)(C)C(=O)O. The fraction of sp³-hybridized carbons (Fsp3) is 0.467. The Morgan fingerprint density at radius 2 is 2.00 bits per heavy atom. The van der Waals surface area contributed by atoms with Crippen molar-refractivity contribution in [3.63, 3.8) is 0 Å². The first kappa shape index (κ1) is 17.7. The Hall–Kier alpha value is -1.40. The first-order valence-electron chi connectivity index (χ1n) is 6.73. The van der Waals surface area contributed by atoms with E-state index in [1.165, 1.54) is 0 Å². The summed E-state index contributed by atoms with van der Waals surface area (Å²) in [6.45, 7) is 7.44. The number of benzene rings is 1. The molecule has 0 heterocycles. The Bertz CT molecular complexity index is 544. The summed E-state index contributed by atoms with van der Waals surface area (Å²) in [6.07, 6.45) is 0. The molecule has 0 saturated carbocycles. The van der Waals surface area contributed by atoms with Crippen LogP contribution in [0.25, 0.3) is 0 Å². The number of anilines is 1. The van der Waals surface area contributed by atoms with Crippen molar-refractivity contribution in [1.29, 1.82) is 0 Å². The zero-order chi connectivity index (χ0) is 16.2. The van der Waals surface area contributed by atoms with Gasteiger partial charge in [0.25, 0.3) is 0 Å². The number of aryl methyl sites for hydroxylation is 1. The number of hydrogen-bond acceptors (Lipinski definition) is 3. The molecule has 0 atom stereocenters. The van der Waals surface area contributed by atoms with Crippen molar-refractivity contribution >= 4 is 33.5 Å². The highest BCUT2D eigenvalue weighted by molar-refractivity contribution is 9.10. The van der Waals surface area contributed by atoms with Crippen LogP contribution in [0.15, 0.2) is 22.7 Å². The van der Waals surface area contributed by atoms with Gasteiger partial charge in [-0.3, -0.25) is 14.5 Å². The number of halogens is 1. The van der Waals surface area contributed by atoms with E-state index in [1.807, 2.05) is 32.0 Å². The molecule has 116 valence electrons. The molecule has 6 heteroatoms. The monoisotopic (exact) mass is 356 g/mol. The van der Waals surface area contributed by atoms with E-state index in [9.17, 15) is 14.7 Å². The van der Waals surface area contributed by atoms with Crippen molar-refractivity contribution in [3.8, 4) is 0 Å². The fourth-order valence-corrected chi connectivity index (χ4v) is 2.45. The molecular formula is C15H21BrN2O3. The van der Waals surface area contributed by atoms with Crippen LogP contribution in [0.2, 0.25) is 0 Å². The third kappa shape index (κ3) is 4.54. The minimum absolute atomic E-state index is 0.0330. The van der Waals surface area contributed by atoms with Gasteiger partial charge in [0.05, 0.1) is 6.54 Å². The zero-order valence-electron chi connectivity index (χ0n) is 12.7. The molecule has 0 aliphatic heterocycles. The molecule has 0 bridgehead atoms. The summed E-state index contributed by atoms with van der Waals surface area (Å²) in [5, 5.41) is 12.1. The second kappa shape index (κ2) is 7.04. The Kier molecular flexibility index (Phi) is 5.92. The quantitative estimate of drug-likeness (QED) is 0.822. The molecule has 0 saturated heterocycles. The van der Waals surface area contributed by atoms with Gasteiger partial charge in [-0.15, -0.1) is 0 Å². The molecule has 0 unspecified atom stereocenters. The molecule has 0 spiro atoms. The highest BCUT2D eigenvalue weighted by Crippen LogP contribution is 2.20. The third-order valence-electron chi connectivity index (χ3n) is 3.49. The van der Waals surface area contributed by atoms with Crippen LogP contribution in [0.1, 0.15) is 26.3 Å². The third-order valence-corrected chi connectivity index (χ3v) is 3.99. The minimum atomic E-state index is -1.08. The molecule has 1 aromatic carbocycles. The largest absolute Gasteiger partial charge is 0.480 e. The summed E-state index contributed by atoms with van der Waals surface area (Å²) in [4.78, 5) is 25.0. The van der Waals surface area contributed by atoms with Crippen LogP contribution in [0.4, 0.5) is 5.69 Å². The van der Waals surface area contributed by atoms with Crippen molar-refractivity contribution in [2.75, 3.05) is 18.4 Å². The van der Waals surface area contributed by atoms with Crippen LogP contribution in [0.3, 0.4) is 0 Å². The molecule has 1 aromatic rings. The van der Waals surface area contributed by atoms with Crippen molar-refractivity contribution in [2.45, 2.75) is 33.2 Å². The summed E-state index contributed by atoms with van der Waals surface area (Å²) in [5.41, 5.74) is 0.589. The maximum absolute atomic E-state index is 12.1. The Balaban J connectivity index is 2.78. The van der Waals surface area contributed by atoms with Crippen LogP contribution in [0, 0.1) is 6.92 Å². The fourth-order valence-electron chi connectivity index (χ4n) is 1.97. The van der Waals surface area contributed by atoms with Gasteiger partial charge in [0.15, 0.2) is 0 Å². The lowest BCUT2D eigenvalue weighted by molar-refractivity contribution is -0.149. The Morgan fingerprint density at radius 1 is 1.38 bits per heavy atom. The predicted octanol–water partition coefficient (Wildman–Crippen LogP) is 2.88. The first-order chi connectivity index (χ1) is 9.68. The van der Waals surface area contributed by atoms with E-state index in [-0.39, 0.29) is 12.5 Å². The number of nitrogens with zero attached hydrogens (tertiary/aromatic N) is 1. The zero-order valence-corrected chi connectivity index (χ0v) is 14.3. The summed E-state index contributed by atoms with van der Waals surface area (Å²) in [6, 6.07) is 5.58. The van der Waals surface area contributed by atoms with Crippen LogP contribution >= 0.6 is 15.9 Å². The van der Waals surface area contributed by atoms with Gasteiger partial charge in [-0.05, 0) is 51.1 Å². The number of carbonyl (C=O) groups excluding carboxylic acids is 1. The molecule has 1 rings (SSSR count). The van der Waals surface area contributed by atoms with Crippen molar-refractivity contribution in [3.05, 3.63) is 28.2 Å². The normalized spacial score (nSPS) is 11.5. The van der Waals surface area contributed by atoms with E-state index in [4.69, 9.17) is 0 Å². The molecular weight excluding hydrogens is 336 g/mol. The highest BCUT2D eigenvalue weighted by atomic mass is 79.9. The van der Waals surface area contributed by atoms with E-state index in [1.54, 1.807) is 18.7 Å². The summed E-state index contributed by atoms with van der Waals surface area (Å²) in [7, 11) is 0. The minimum Gasteiger partial charge on any atom is -0.480 e. The molecule has 0 fully saturated rings. The van der Waals surface area contributed by atoms with Gasteiger partial charge in [0, 0.05) is 10.2 Å². The van der Waals surface area contributed by atoms with E-state index in [0.717, 1.165) is 15.7 Å². The summed E-state index contributed by atoms with van der Waals surface area (Å²) >= 11 is 3.37. The number of carbonyl (C=O) groups is 2. The van der Waals surface area contributed by atoms with Gasteiger partial charge < -0.3 is 10.4 Å². The average Bonchev–Trinajstić information content (AvgIpc) is 2.38. The number of carboxylic acids is 1. The molecule has 1 amide bonds. The number of amides is 1. The smallest absolute Gasteiger partial charge is 0.323 e. The van der Waals surface area contributed by atoms with Gasteiger partial charge in [-0.1, -0.05) is 22.9 Å². The summed E-state index contributed by atoms with van der Waals surface area (Å²) in [5.74, 6) is -1.17. The van der Waals surface area contributed by atoms with Crippen LogP contribution in [-0.4, -0.2) is 40.5 Å². The molecule has 0 aliphatic rings. The molecule has 5 nitrogen and oxygen atoms in total.